The minimum absolute atomic E-state index is 0.0438. The summed E-state index contributed by atoms with van der Waals surface area (Å²) in [5.41, 5.74) is 1.08. The Morgan fingerprint density at radius 1 is 1.17 bits per heavy atom. The van der Waals surface area contributed by atoms with Crippen LogP contribution in [0, 0.1) is 0 Å². The lowest BCUT2D eigenvalue weighted by atomic mass is 10.0. The highest BCUT2D eigenvalue weighted by Gasteiger charge is 2.34. The third-order valence-electron chi connectivity index (χ3n) is 3.32. The first-order chi connectivity index (χ1) is 8.46. The predicted octanol–water partition coefficient (Wildman–Crippen LogP) is 2.54. The molecule has 0 bridgehead atoms. The highest BCUT2D eigenvalue weighted by Crippen LogP contribution is 2.26. The van der Waals surface area contributed by atoms with Gasteiger partial charge in [0.2, 0.25) is 0 Å². The molecule has 1 aliphatic rings. The molecule has 0 spiro atoms. The van der Waals surface area contributed by atoms with Crippen LogP contribution < -0.4 is 0 Å². The maximum Gasteiger partial charge on any atom is 0.401 e. The molecule has 5 heteroatoms. The lowest BCUT2D eigenvalue weighted by Gasteiger charge is -2.39. The van der Waals surface area contributed by atoms with Crippen molar-refractivity contribution in [3.8, 4) is 0 Å². The van der Waals surface area contributed by atoms with Gasteiger partial charge in [-0.2, -0.15) is 13.2 Å². The number of benzene rings is 1. The first-order valence-corrected chi connectivity index (χ1v) is 6.00. The average molecular weight is 258 g/mol. The molecule has 100 valence electrons. The zero-order valence-corrected chi connectivity index (χ0v) is 10.3. The second-order valence-electron chi connectivity index (χ2n) is 4.76. The average Bonchev–Trinajstić information content (AvgIpc) is 2.31. The van der Waals surface area contributed by atoms with E-state index < -0.39 is 12.7 Å². The minimum Gasteiger partial charge on any atom is -0.297 e. The molecular weight excluding hydrogens is 241 g/mol. The van der Waals surface area contributed by atoms with Gasteiger partial charge in [0.05, 0.1) is 6.54 Å². The molecular formula is C13H17F3N2. The number of hydrogen-bond acceptors (Lipinski definition) is 2. The van der Waals surface area contributed by atoms with Gasteiger partial charge >= 0.3 is 6.18 Å². The summed E-state index contributed by atoms with van der Waals surface area (Å²) in [5.74, 6) is 0. The van der Waals surface area contributed by atoms with Crippen molar-refractivity contribution in [3.63, 3.8) is 0 Å². The predicted molar refractivity (Wildman–Crippen MR) is 64.3 cm³/mol. The van der Waals surface area contributed by atoms with Gasteiger partial charge in [0.1, 0.15) is 0 Å². The molecule has 1 atom stereocenters. The van der Waals surface area contributed by atoms with Crippen LogP contribution in [0.5, 0.6) is 0 Å². The van der Waals surface area contributed by atoms with Crippen LogP contribution in [0.1, 0.15) is 11.6 Å². The first-order valence-electron chi connectivity index (χ1n) is 6.00. The Morgan fingerprint density at radius 3 is 2.44 bits per heavy atom. The molecule has 1 saturated heterocycles. The van der Waals surface area contributed by atoms with Crippen LogP contribution in [0.25, 0.3) is 0 Å². The summed E-state index contributed by atoms with van der Waals surface area (Å²) in [6.45, 7) is 0.749. The monoisotopic (exact) mass is 258 g/mol. The summed E-state index contributed by atoms with van der Waals surface area (Å²) in [5, 5.41) is 0. The topological polar surface area (TPSA) is 6.48 Å². The van der Waals surface area contributed by atoms with Gasteiger partial charge in [-0.3, -0.25) is 9.80 Å². The van der Waals surface area contributed by atoms with Gasteiger partial charge in [-0.05, 0) is 12.6 Å². The summed E-state index contributed by atoms with van der Waals surface area (Å²) in [4.78, 5) is 3.60. The van der Waals surface area contributed by atoms with Crippen LogP contribution >= 0.6 is 0 Å². The van der Waals surface area contributed by atoms with Crippen molar-refractivity contribution in [2.75, 3.05) is 33.2 Å². The Labute approximate surface area is 105 Å². The number of halogens is 3. The lowest BCUT2D eigenvalue weighted by Crippen LogP contribution is -2.49. The lowest BCUT2D eigenvalue weighted by molar-refractivity contribution is -0.151. The maximum absolute atomic E-state index is 12.4. The fourth-order valence-corrected chi connectivity index (χ4v) is 2.36. The van der Waals surface area contributed by atoms with Crippen molar-refractivity contribution in [2.24, 2.45) is 0 Å². The van der Waals surface area contributed by atoms with Gasteiger partial charge in [0, 0.05) is 25.7 Å². The molecule has 0 radical (unpaired) electrons. The molecule has 0 unspecified atom stereocenters. The highest BCUT2D eigenvalue weighted by molar-refractivity contribution is 5.20. The summed E-state index contributed by atoms with van der Waals surface area (Å²) < 4.78 is 37.2. The largest absolute Gasteiger partial charge is 0.401 e. The van der Waals surface area contributed by atoms with Crippen molar-refractivity contribution in [2.45, 2.75) is 12.2 Å². The van der Waals surface area contributed by atoms with E-state index in [0.717, 1.165) is 5.56 Å². The van der Waals surface area contributed by atoms with Gasteiger partial charge in [-0.15, -0.1) is 0 Å². The Kier molecular flexibility index (Phi) is 3.92. The van der Waals surface area contributed by atoms with Crippen molar-refractivity contribution in [3.05, 3.63) is 35.9 Å². The molecule has 18 heavy (non-hydrogen) atoms. The molecule has 0 aromatic heterocycles. The van der Waals surface area contributed by atoms with E-state index in [4.69, 9.17) is 0 Å². The van der Waals surface area contributed by atoms with Crippen LogP contribution in [0.2, 0.25) is 0 Å². The molecule has 1 aromatic rings. The summed E-state index contributed by atoms with van der Waals surface area (Å²) >= 11 is 0. The van der Waals surface area contributed by atoms with Crippen LogP contribution in [0.3, 0.4) is 0 Å². The van der Waals surface area contributed by atoms with E-state index in [1.54, 1.807) is 0 Å². The quantitative estimate of drug-likeness (QED) is 0.804. The molecule has 1 fully saturated rings. The molecule has 0 amide bonds. The first kappa shape index (κ1) is 13.4. The van der Waals surface area contributed by atoms with Crippen molar-refractivity contribution in [1.82, 2.24) is 9.80 Å². The number of alkyl halides is 3. The summed E-state index contributed by atoms with van der Waals surface area (Å²) in [6, 6.07) is 9.75. The Hall–Kier alpha value is -1.07. The van der Waals surface area contributed by atoms with E-state index in [-0.39, 0.29) is 6.04 Å². The molecule has 0 saturated carbocycles. The van der Waals surface area contributed by atoms with Crippen molar-refractivity contribution >= 4 is 0 Å². The third kappa shape index (κ3) is 3.46. The van der Waals surface area contributed by atoms with Crippen LogP contribution in [-0.4, -0.2) is 49.2 Å². The highest BCUT2D eigenvalue weighted by atomic mass is 19.4. The number of piperazine rings is 1. The smallest absolute Gasteiger partial charge is 0.297 e. The van der Waals surface area contributed by atoms with Gasteiger partial charge < -0.3 is 0 Å². The second-order valence-corrected chi connectivity index (χ2v) is 4.76. The standard InChI is InChI=1S/C13H17F3N2/c1-17-7-8-18(10-13(14,15)16)9-12(17)11-5-3-2-4-6-11/h2-6,12H,7-10H2,1H3/t12-/m0/s1. The SMILES string of the molecule is CN1CCN(CC(F)(F)F)C[C@H]1c1ccccc1. The molecule has 2 rings (SSSR count). The summed E-state index contributed by atoms with van der Waals surface area (Å²) in [6.07, 6.45) is -4.11. The fourth-order valence-electron chi connectivity index (χ4n) is 2.36. The molecule has 1 aliphatic heterocycles. The maximum atomic E-state index is 12.4. The second kappa shape index (κ2) is 5.28. The Morgan fingerprint density at radius 2 is 1.83 bits per heavy atom. The number of rotatable bonds is 2. The number of hydrogen-bond donors (Lipinski definition) is 0. The Balaban J connectivity index is 2.06. The van der Waals surface area contributed by atoms with E-state index >= 15 is 0 Å². The van der Waals surface area contributed by atoms with Gasteiger partial charge in [-0.1, -0.05) is 30.3 Å². The number of likely N-dealkylation sites (N-methyl/N-ethyl adjacent to an activating group) is 1. The van der Waals surface area contributed by atoms with Crippen molar-refractivity contribution < 1.29 is 13.2 Å². The zero-order valence-electron chi connectivity index (χ0n) is 10.3. The zero-order chi connectivity index (χ0) is 13.2. The van der Waals surface area contributed by atoms with Gasteiger partial charge in [-0.25, -0.2) is 0 Å². The molecule has 0 aliphatic carbocycles. The fraction of sp³-hybridized carbons (Fsp3) is 0.538. The minimum atomic E-state index is -4.11. The van der Waals surface area contributed by atoms with Gasteiger partial charge in [0.25, 0.3) is 0 Å². The van der Waals surface area contributed by atoms with E-state index in [2.05, 4.69) is 4.90 Å². The molecule has 1 heterocycles. The van der Waals surface area contributed by atoms with E-state index in [0.29, 0.717) is 19.6 Å². The summed E-state index contributed by atoms with van der Waals surface area (Å²) in [7, 11) is 1.96. The van der Waals surface area contributed by atoms with Gasteiger partial charge in [0.15, 0.2) is 0 Å². The van der Waals surface area contributed by atoms with E-state index in [1.807, 2.05) is 37.4 Å². The number of nitrogens with zero attached hydrogens (tertiary/aromatic N) is 2. The molecule has 0 N–H and O–H groups in total. The van der Waals surface area contributed by atoms with Crippen LogP contribution in [0.4, 0.5) is 13.2 Å². The van der Waals surface area contributed by atoms with Crippen molar-refractivity contribution in [1.29, 1.82) is 0 Å². The van der Waals surface area contributed by atoms with E-state index in [1.165, 1.54) is 4.90 Å². The van der Waals surface area contributed by atoms with E-state index in [9.17, 15) is 13.2 Å². The Bertz CT molecular complexity index is 378. The normalized spacial score (nSPS) is 23.2. The third-order valence-corrected chi connectivity index (χ3v) is 3.32. The van der Waals surface area contributed by atoms with Crippen LogP contribution in [-0.2, 0) is 0 Å². The molecule has 2 nitrogen and oxygen atoms in total. The molecule has 1 aromatic carbocycles. The van der Waals surface area contributed by atoms with Crippen LogP contribution in [0.15, 0.2) is 30.3 Å².